The lowest BCUT2D eigenvalue weighted by atomic mass is 10.0. The Kier molecular flexibility index (Phi) is 9.12. The number of pyridine rings is 1. The maximum atomic E-state index is 14.0. The number of hydrogen-bond donors (Lipinski definition) is 2. The Morgan fingerprint density at radius 1 is 1.09 bits per heavy atom. The molecule has 1 atom stereocenters. The van der Waals surface area contributed by atoms with Crippen molar-refractivity contribution in [3.8, 4) is 22.9 Å². The summed E-state index contributed by atoms with van der Waals surface area (Å²) in [5.74, 6) is 0.429. The number of rotatable bonds is 3. The van der Waals surface area contributed by atoms with Crippen molar-refractivity contribution in [2.75, 3.05) is 33.4 Å². The van der Waals surface area contributed by atoms with E-state index >= 15 is 0 Å². The molecule has 0 fully saturated rings. The van der Waals surface area contributed by atoms with Crippen LogP contribution in [0.3, 0.4) is 0 Å². The van der Waals surface area contributed by atoms with E-state index < -0.39 is 11.9 Å². The number of nitrogens with zero attached hydrogens (tertiary/aromatic N) is 4. The summed E-state index contributed by atoms with van der Waals surface area (Å²) in [4.78, 5) is 51.1. The van der Waals surface area contributed by atoms with Crippen LogP contribution in [-0.4, -0.2) is 76.5 Å². The molecule has 2 aromatic heterocycles. The SMILES string of the molecule is COc1ccc2cc1OCCN(C(=O)c1cc3cc(C)ccc3nc1C)CC(=O)N[C@H](C(C)C)C(=O)NCCn1ccnc1-2. The van der Waals surface area contributed by atoms with Crippen LogP contribution in [0.4, 0.5) is 0 Å². The molecule has 0 unspecified atom stereocenters. The number of carbonyl (C=O) groups is 3. The number of carbonyl (C=O) groups excluding carboxylic acids is 3. The molecule has 3 amide bonds. The number of methoxy groups -OCH3 is 1. The van der Waals surface area contributed by atoms with Gasteiger partial charge in [-0.05, 0) is 56.2 Å². The van der Waals surface area contributed by atoms with Gasteiger partial charge in [0.05, 0.1) is 37.0 Å². The van der Waals surface area contributed by atoms with Gasteiger partial charge in [0.15, 0.2) is 11.5 Å². The molecule has 0 spiro atoms. The normalized spacial score (nSPS) is 16.5. The maximum absolute atomic E-state index is 14.0. The fraction of sp³-hybridized carbons (Fsp3) is 0.364. The first kappa shape index (κ1) is 30.5. The molecule has 1 aliphatic rings. The standard InChI is InChI=1S/C33H38N6O5/c1-20(2)30-32(41)35-11-13-38-12-10-34-31(38)23-7-9-27(43-5)28(18-23)44-15-14-39(19-29(40)37-30)33(42)25-17-24-16-21(3)6-8-26(24)36-22(25)4/h6-10,12,16-18,20,30H,11,13-15,19H2,1-5H3,(H,35,41)(H,37,40)/t30-/m1/s1. The van der Waals surface area contributed by atoms with Gasteiger partial charge >= 0.3 is 0 Å². The van der Waals surface area contributed by atoms with Crippen LogP contribution >= 0.6 is 0 Å². The Bertz CT molecular complexity index is 1700. The largest absolute Gasteiger partial charge is 0.493 e. The molecule has 3 heterocycles. The maximum Gasteiger partial charge on any atom is 0.256 e. The van der Waals surface area contributed by atoms with Gasteiger partial charge < -0.3 is 29.6 Å². The molecule has 4 aromatic rings. The third kappa shape index (κ3) is 6.66. The number of hydrogen-bond acceptors (Lipinski definition) is 7. The highest BCUT2D eigenvalue weighted by Gasteiger charge is 2.27. The van der Waals surface area contributed by atoms with E-state index in [1.54, 1.807) is 26.3 Å². The molecule has 11 nitrogen and oxygen atoms in total. The van der Waals surface area contributed by atoms with Gasteiger partial charge in [-0.25, -0.2) is 4.98 Å². The summed E-state index contributed by atoms with van der Waals surface area (Å²) in [5, 5.41) is 6.62. The smallest absolute Gasteiger partial charge is 0.256 e. The summed E-state index contributed by atoms with van der Waals surface area (Å²) in [7, 11) is 1.56. The van der Waals surface area contributed by atoms with Crippen molar-refractivity contribution in [1.29, 1.82) is 0 Å². The molecule has 5 rings (SSSR count). The molecule has 2 bridgehead atoms. The van der Waals surface area contributed by atoms with E-state index in [1.807, 2.05) is 67.9 Å². The molecule has 44 heavy (non-hydrogen) atoms. The van der Waals surface area contributed by atoms with E-state index in [2.05, 4.69) is 20.6 Å². The molecule has 0 aliphatic carbocycles. The molecular formula is C33H38N6O5. The van der Waals surface area contributed by atoms with E-state index in [1.165, 1.54) is 4.90 Å². The zero-order valence-electron chi connectivity index (χ0n) is 25.7. The fourth-order valence-corrected chi connectivity index (χ4v) is 5.31. The second-order valence-corrected chi connectivity index (χ2v) is 11.3. The highest BCUT2D eigenvalue weighted by molar-refractivity contribution is 6.00. The summed E-state index contributed by atoms with van der Waals surface area (Å²) in [5.41, 5.74) is 3.59. The highest BCUT2D eigenvalue weighted by Crippen LogP contribution is 2.32. The molecule has 0 saturated heterocycles. The van der Waals surface area contributed by atoms with Crippen LogP contribution in [-0.2, 0) is 16.1 Å². The summed E-state index contributed by atoms with van der Waals surface area (Å²) >= 11 is 0. The number of aryl methyl sites for hydroxylation is 2. The van der Waals surface area contributed by atoms with Crippen molar-refractivity contribution in [2.45, 2.75) is 40.3 Å². The van der Waals surface area contributed by atoms with Crippen LogP contribution in [0.25, 0.3) is 22.3 Å². The number of fused-ring (bicyclic) bond motifs is 5. The van der Waals surface area contributed by atoms with E-state index in [4.69, 9.17) is 9.47 Å². The first-order chi connectivity index (χ1) is 21.1. The van der Waals surface area contributed by atoms with Gasteiger partial charge in [0, 0.05) is 36.4 Å². The lowest BCUT2D eigenvalue weighted by Gasteiger charge is -2.26. The minimum atomic E-state index is -0.778. The van der Waals surface area contributed by atoms with Crippen LogP contribution in [0.15, 0.2) is 54.9 Å². The first-order valence-electron chi connectivity index (χ1n) is 14.7. The van der Waals surface area contributed by atoms with Crippen molar-refractivity contribution in [2.24, 2.45) is 5.92 Å². The summed E-state index contributed by atoms with van der Waals surface area (Å²) in [6, 6.07) is 12.4. The quantitative estimate of drug-likeness (QED) is 0.370. The van der Waals surface area contributed by atoms with Crippen LogP contribution in [0.1, 0.15) is 35.5 Å². The van der Waals surface area contributed by atoms with Crippen molar-refractivity contribution in [1.82, 2.24) is 30.1 Å². The van der Waals surface area contributed by atoms with Crippen molar-refractivity contribution in [3.05, 3.63) is 71.7 Å². The Labute approximate surface area is 256 Å². The van der Waals surface area contributed by atoms with Crippen LogP contribution in [0.5, 0.6) is 11.5 Å². The Balaban J connectivity index is 1.50. The van der Waals surface area contributed by atoms with E-state index in [9.17, 15) is 14.4 Å². The van der Waals surface area contributed by atoms with Crippen LogP contribution < -0.4 is 20.1 Å². The number of benzene rings is 2. The topological polar surface area (TPSA) is 128 Å². The van der Waals surface area contributed by atoms with Gasteiger partial charge in [-0.3, -0.25) is 19.4 Å². The van der Waals surface area contributed by atoms with E-state index in [0.717, 1.165) is 22.0 Å². The van der Waals surface area contributed by atoms with Gasteiger partial charge in [-0.2, -0.15) is 0 Å². The number of nitrogens with one attached hydrogen (secondary N) is 2. The van der Waals surface area contributed by atoms with Crippen molar-refractivity contribution < 1.29 is 23.9 Å². The fourth-order valence-electron chi connectivity index (χ4n) is 5.31. The van der Waals surface area contributed by atoms with Gasteiger partial charge in [0.2, 0.25) is 11.8 Å². The monoisotopic (exact) mass is 598 g/mol. The second kappa shape index (κ2) is 13.2. The first-order valence-corrected chi connectivity index (χ1v) is 14.7. The average molecular weight is 599 g/mol. The lowest BCUT2D eigenvalue weighted by molar-refractivity contribution is -0.130. The van der Waals surface area contributed by atoms with Gasteiger partial charge in [0.1, 0.15) is 18.5 Å². The predicted octanol–water partition coefficient (Wildman–Crippen LogP) is 3.52. The van der Waals surface area contributed by atoms with E-state index in [-0.39, 0.29) is 37.4 Å². The Hall–Kier alpha value is -4.93. The minimum Gasteiger partial charge on any atom is -0.493 e. The number of ether oxygens (including phenoxy) is 2. The minimum absolute atomic E-state index is 0.0839. The molecule has 0 radical (unpaired) electrons. The molecule has 0 saturated carbocycles. The van der Waals surface area contributed by atoms with Crippen molar-refractivity contribution >= 4 is 28.6 Å². The zero-order chi connectivity index (χ0) is 31.4. The zero-order valence-corrected chi connectivity index (χ0v) is 25.7. The third-order valence-electron chi connectivity index (χ3n) is 7.69. The lowest BCUT2D eigenvalue weighted by Crippen LogP contribution is -2.53. The van der Waals surface area contributed by atoms with E-state index in [0.29, 0.717) is 41.7 Å². The van der Waals surface area contributed by atoms with Gasteiger partial charge in [-0.15, -0.1) is 0 Å². The molecule has 230 valence electrons. The second-order valence-electron chi connectivity index (χ2n) is 11.3. The van der Waals surface area contributed by atoms with Gasteiger partial charge in [0.25, 0.3) is 5.91 Å². The van der Waals surface area contributed by atoms with Crippen LogP contribution in [0, 0.1) is 19.8 Å². The predicted molar refractivity (Wildman–Crippen MR) is 167 cm³/mol. The molecule has 2 N–H and O–H groups in total. The Morgan fingerprint density at radius 3 is 2.68 bits per heavy atom. The third-order valence-corrected chi connectivity index (χ3v) is 7.69. The molecular weight excluding hydrogens is 560 g/mol. The molecule has 2 aromatic carbocycles. The van der Waals surface area contributed by atoms with Gasteiger partial charge in [-0.1, -0.05) is 25.5 Å². The number of imidazole rings is 1. The molecule has 1 aliphatic heterocycles. The highest BCUT2D eigenvalue weighted by atomic mass is 16.5. The molecule has 11 heteroatoms. The van der Waals surface area contributed by atoms with Crippen LogP contribution in [0.2, 0.25) is 0 Å². The number of aromatic nitrogens is 3. The average Bonchev–Trinajstić information content (AvgIpc) is 3.46. The summed E-state index contributed by atoms with van der Waals surface area (Å²) < 4.78 is 13.6. The Morgan fingerprint density at radius 2 is 1.91 bits per heavy atom. The van der Waals surface area contributed by atoms with Crippen molar-refractivity contribution in [3.63, 3.8) is 0 Å². The summed E-state index contributed by atoms with van der Waals surface area (Å²) in [6.45, 7) is 8.21. The number of amides is 3. The summed E-state index contributed by atoms with van der Waals surface area (Å²) in [6.07, 6.45) is 3.54.